The smallest absolute Gasteiger partial charge is 0.265 e. The van der Waals surface area contributed by atoms with Crippen LogP contribution >= 0.6 is 12.4 Å². The zero-order valence-corrected chi connectivity index (χ0v) is 22.3. The molecule has 0 atom stereocenters. The Balaban J connectivity index is 0.00000432. The molecular weight excluding hydrogens is 490 g/mol. The molecule has 0 radical (unpaired) electrons. The van der Waals surface area contributed by atoms with E-state index in [-0.39, 0.29) is 18.3 Å². The van der Waals surface area contributed by atoms with Crippen molar-refractivity contribution in [3.63, 3.8) is 0 Å². The number of amides is 1. The Hall–Kier alpha value is -2.17. The number of hydrogen-bond acceptors (Lipinski definition) is 6. The molecule has 1 fully saturated rings. The Kier molecular flexibility index (Phi) is 10.1. The molecule has 0 unspecified atom stereocenters. The Labute approximate surface area is 214 Å². The largest absolute Gasteiger partial charge is 0.492 e. The minimum atomic E-state index is -3.90. The third-order valence-corrected chi connectivity index (χ3v) is 9.09. The summed E-state index contributed by atoms with van der Waals surface area (Å²) in [5.41, 5.74) is 6.04. The molecule has 1 aliphatic heterocycles. The molecule has 1 amide bonds. The quantitative estimate of drug-likeness (QED) is 0.263. The first-order valence-corrected chi connectivity index (χ1v) is 13.0. The predicted molar refractivity (Wildman–Crippen MR) is 140 cm³/mol. The van der Waals surface area contributed by atoms with Crippen LogP contribution in [0.15, 0.2) is 42.5 Å². The Morgan fingerprint density at radius 3 is 2.46 bits per heavy atom. The van der Waals surface area contributed by atoms with Crippen LogP contribution in [-0.4, -0.2) is 61.9 Å². The van der Waals surface area contributed by atoms with E-state index in [4.69, 9.17) is 9.94 Å². The monoisotopic (exact) mass is 525 g/mol. The summed E-state index contributed by atoms with van der Waals surface area (Å²) in [6.07, 6.45) is 1.34. The third-order valence-electron chi connectivity index (χ3n) is 6.57. The predicted octanol–water partition coefficient (Wildman–Crippen LogP) is 3.48. The van der Waals surface area contributed by atoms with E-state index in [1.165, 1.54) is 29.2 Å². The molecule has 2 aromatic rings. The van der Waals surface area contributed by atoms with Crippen LogP contribution in [0, 0.1) is 6.92 Å². The Bertz CT molecular complexity index is 1120. The van der Waals surface area contributed by atoms with Gasteiger partial charge in [-0.05, 0) is 81.0 Å². The van der Waals surface area contributed by atoms with Gasteiger partial charge in [-0.1, -0.05) is 30.3 Å². The number of ether oxygens (including phenoxy) is 1. The highest BCUT2D eigenvalue weighted by Gasteiger charge is 2.46. The Morgan fingerprint density at radius 2 is 1.86 bits per heavy atom. The van der Waals surface area contributed by atoms with E-state index in [0.29, 0.717) is 32.5 Å². The minimum absolute atomic E-state index is 0. The number of carbonyl (C=O) groups is 1. The molecule has 2 aromatic carbocycles. The average molecular weight is 526 g/mol. The molecule has 0 aliphatic carbocycles. The molecule has 8 nitrogen and oxygen atoms in total. The number of piperidine rings is 1. The molecule has 3 rings (SSSR count). The normalized spacial score (nSPS) is 15.3. The zero-order chi connectivity index (χ0) is 24.9. The summed E-state index contributed by atoms with van der Waals surface area (Å²) in [4.78, 5) is 11.9. The summed E-state index contributed by atoms with van der Waals surface area (Å²) in [6.45, 7) is 6.76. The molecule has 194 valence electrons. The maximum absolute atomic E-state index is 13.0. The van der Waals surface area contributed by atoms with Gasteiger partial charge in [0.15, 0.2) is 4.75 Å². The van der Waals surface area contributed by atoms with Gasteiger partial charge in [-0.25, -0.2) is 18.2 Å². The number of rotatable bonds is 9. The number of benzene rings is 2. The van der Waals surface area contributed by atoms with Crippen molar-refractivity contribution in [2.75, 3.05) is 33.3 Å². The second-order valence-corrected chi connectivity index (χ2v) is 11.7. The molecular formula is C25H36ClN3O5S. The van der Waals surface area contributed by atoms with Crippen LogP contribution in [0.5, 0.6) is 5.75 Å². The lowest BCUT2D eigenvalue weighted by Gasteiger charge is -2.36. The summed E-state index contributed by atoms with van der Waals surface area (Å²) in [6, 6.07) is 14.5. The number of hydrogen-bond donors (Lipinski definition) is 3. The van der Waals surface area contributed by atoms with Crippen LogP contribution in [0.1, 0.15) is 43.7 Å². The van der Waals surface area contributed by atoms with Gasteiger partial charge in [0.25, 0.3) is 5.91 Å². The van der Waals surface area contributed by atoms with Crippen molar-refractivity contribution in [1.82, 2.24) is 15.1 Å². The van der Waals surface area contributed by atoms with E-state index in [9.17, 15) is 13.2 Å². The highest BCUT2D eigenvalue weighted by atomic mass is 35.5. The highest BCUT2D eigenvalue weighted by Crippen LogP contribution is 2.35. The fourth-order valence-corrected chi connectivity index (χ4v) is 5.91. The average Bonchev–Trinajstić information content (AvgIpc) is 2.83. The van der Waals surface area contributed by atoms with Crippen molar-refractivity contribution in [3.05, 3.63) is 53.6 Å². The van der Waals surface area contributed by atoms with E-state index in [1.54, 1.807) is 0 Å². The molecule has 1 aliphatic rings. The van der Waals surface area contributed by atoms with Crippen LogP contribution in [0.3, 0.4) is 0 Å². The van der Waals surface area contributed by atoms with Crippen molar-refractivity contribution in [2.24, 2.45) is 0 Å². The number of hydroxylamine groups is 1. The fourth-order valence-electron chi connectivity index (χ4n) is 4.29. The first kappa shape index (κ1) is 29.1. The topological polar surface area (TPSA) is 108 Å². The molecule has 3 N–H and O–H groups in total. The van der Waals surface area contributed by atoms with Gasteiger partial charge < -0.3 is 10.1 Å². The van der Waals surface area contributed by atoms with E-state index in [2.05, 4.69) is 36.5 Å². The molecule has 10 heteroatoms. The van der Waals surface area contributed by atoms with Crippen molar-refractivity contribution in [1.29, 1.82) is 0 Å². The van der Waals surface area contributed by atoms with Gasteiger partial charge in [0.2, 0.25) is 10.0 Å². The van der Waals surface area contributed by atoms with Crippen LogP contribution in [0.4, 0.5) is 0 Å². The summed E-state index contributed by atoms with van der Waals surface area (Å²) in [7, 11) is -2.00. The molecule has 0 aromatic heterocycles. The van der Waals surface area contributed by atoms with Crippen molar-refractivity contribution < 1.29 is 23.2 Å². The highest BCUT2D eigenvalue weighted by molar-refractivity contribution is 7.91. The lowest BCUT2D eigenvalue weighted by molar-refractivity contribution is -0.131. The number of aryl methyl sites for hydroxylation is 1. The van der Waals surface area contributed by atoms with Gasteiger partial charge in [0.1, 0.15) is 12.4 Å². The summed E-state index contributed by atoms with van der Waals surface area (Å²) < 4.78 is 31.3. The first-order valence-electron chi connectivity index (χ1n) is 11.5. The number of likely N-dealkylation sites (N-methyl/N-ethyl adjacent to an activating group) is 1. The maximum Gasteiger partial charge on any atom is 0.265 e. The van der Waals surface area contributed by atoms with Crippen LogP contribution in [0.2, 0.25) is 0 Å². The number of nitrogens with zero attached hydrogens (tertiary/aromatic N) is 1. The lowest BCUT2D eigenvalue weighted by atomic mass is 9.87. The van der Waals surface area contributed by atoms with Gasteiger partial charge in [-0.2, -0.15) is 0 Å². The second kappa shape index (κ2) is 12.2. The van der Waals surface area contributed by atoms with E-state index >= 15 is 0 Å². The summed E-state index contributed by atoms with van der Waals surface area (Å²) in [5.74, 6) is 0.144. The van der Waals surface area contributed by atoms with Gasteiger partial charge >= 0.3 is 0 Å². The van der Waals surface area contributed by atoms with Gasteiger partial charge in [0.05, 0.1) is 0 Å². The fraction of sp³-hybridized carbons (Fsp3) is 0.480. The van der Waals surface area contributed by atoms with Crippen LogP contribution in [-0.2, 0) is 14.8 Å². The van der Waals surface area contributed by atoms with Gasteiger partial charge in [-0.15, -0.1) is 12.4 Å². The van der Waals surface area contributed by atoms with Gasteiger partial charge in [-0.3, -0.25) is 10.0 Å². The second-order valence-electron chi connectivity index (χ2n) is 9.18. The van der Waals surface area contributed by atoms with E-state index in [1.807, 2.05) is 25.2 Å². The molecule has 1 heterocycles. The number of carbonyl (C=O) groups excluding carboxylic acids is 1. The molecule has 0 saturated carbocycles. The van der Waals surface area contributed by atoms with Crippen molar-refractivity contribution >= 4 is 28.3 Å². The molecule has 0 spiro atoms. The standard InChI is InChI=1S/C25H35N3O5S.ClH/c1-18-16-20(8-9-23(18)21-6-5-7-22(17-21)33-15-12-26-4)19-10-13-28(14-11-19)34(31,32)25(2,3)24(29)27-30;/h5-9,16-17,19,26,30H,10-15H2,1-4H3,(H,27,29);1H. The maximum atomic E-state index is 13.0. The molecule has 0 bridgehead atoms. The van der Waals surface area contributed by atoms with Gasteiger partial charge in [0, 0.05) is 19.6 Å². The zero-order valence-electron chi connectivity index (χ0n) is 20.7. The third kappa shape index (κ3) is 6.34. The molecule has 1 saturated heterocycles. The number of sulfonamides is 1. The van der Waals surface area contributed by atoms with Crippen molar-refractivity contribution in [3.8, 4) is 16.9 Å². The van der Waals surface area contributed by atoms with Crippen LogP contribution in [0.25, 0.3) is 11.1 Å². The minimum Gasteiger partial charge on any atom is -0.492 e. The SMILES string of the molecule is CNCCOc1cccc(-c2ccc(C3CCN(S(=O)(=O)C(C)(C)C(=O)NO)CC3)cc2C)c1.Cl. The van der Waals surface area contributed by atoms with Crippen LogP contribution < -0.4 is 15.5 Å². The number of halogens is 1. The number of nitrogens with one attached hydrogen (secondary N) is 2. The van der Waals surface area contributed by atoms with E-state index < -0.39 is 20.7 Å². The molecule has 35 heavy (non-hydrogen) atoms. The Morgan fingerprint density at radius 1 is 1.17 bits per heavy atom. The van der Waals surface area contributed by atoms with E-state index in [0.717, 1.165) is 29.0 Å². The summed E-state index contributed by atoms with van der Waals surface area (Å²) >= 11 is 0. The first-order chi connectivity index (χ1) is 16.1. The lowest BCUT2D eigenvalue weighted by Crippen LogP contribution is -2.54. The van der Waals surface area contributed by atoms with Crippen molar-refractivity contribution in [2.45, 2.75) is 44.3 Å². The summed E-state index contributed by atoms with van der Waals surface area (Å²) in [5, 5.41) is 12.0.